The van der Waals surface area contributed by atoms with Crippen molar-refractivity contribution in [1.82, 2.24) is 9.88 Å². The molecule has 112 valence electrons. The molecule has 0 saturated carbocycles. The number of benzene rings is 1. The van der Waals surface area contributed by atoms with Crippen LogP contribution in [-0.4, -0.2) is 17.2 Å². The number of nitrogens with zero attached hydrogens (tertiary/aromatic N) is 2. The lowest BCUT2D eigenvalue weighted by atomic mass is 10.1. The third-order valence-corrected chi connectivity index (χ3v) is 3.99. The fourth-order valence-electron chi connectivity index (χ4n) is 2.70. The third-order valence-electron chi connectivity index (χ3n) is 3.99. The highest BCUT2D eigenvalue weighted by molar-refractivity contribution is 5.81. The molecule has 0 amide bonds. The van der Waals surface area contributed by atoms with E-state index in [9.17, 15) is 0 Å². The van der Waals surface area contributed by atoms with Crippen molar-refractivity contribution >= 4 is 10.9 Å². The average Bonchev–Trinajstić information content (AvgIpc) is 2.90. The smallest absolute Gasteiger partial charge is 0.0991 e. The predicted molar refractivity (Wildman–Crippen MR) is 88.3 cm³/mol. The first-order valence-electron chi connectivity index (χ1n) is 7.97. The van der Waals surface area contributed by atoms with Gasteiger partial charge in [-0.1, -0.05) is 26.2 Å². The lowest BCUT2D eigenvalue weighted by Crippen LogP contribution is -2.29. The average molecular weight is 283 g/mol. The summed E-state index contributed by atoms with van der Waals surface area (Å²) in [5.74, 6) is 0. The topological polar surface area (TPSA) is 40.8 Å². The lowest BCUT2D eigenvalue weighted by Gasteiger charge is -2.14. The van der Waals surface area contributed by atoms with Crippen LogP contribution in [0.3, 0.4) is 0 Å². The second-order valence-corrected chi connectivity index (χ2v) is 5.75. The maximum Gasteiger partial charge on any atom is 0.0991 e. The minimum absolute atomic E-state index is 0.587. The Hall–Kier alpha value is -1.79. The van der Waals surface area contributed by atoms with Crippen LogP contribution in [0.25, 0.3) is 10.9 Å². The lowest BCUT2D eigenvalue weighted by molar-refractivity contribution is 0.473. The van der Waals surface area contributed by atoms with Gasteiger partial charge in [0.15, 0.2) is 0 Å². The molecule has 0 bridgehead atoms. The molecule has 3 heteroatoms. The number of nitrogens with one attached hydrogen (secondary N) is 1. The Morgan fingerprint density at radius 1 is 1.29 bits per heavy atom. The molecule has 21 heavy (non-hydrogen) atoms. The molecule has 1 aromatic carbocycles. The minimum Gasteiger partial charge on any atom is -0.346 e. The highest BCUT2D eigenvalue weighted by Gasteiger charge is 2.04. The van der Waals surface area contributed by atoms with E-state index < -0.39 is 0 Å². The number of rotatable bonds is 8. The van der Waals surface area contributed by atoms with E-state index in [1.165, 1.54) is 31.2 Å². The first-order valence-corrected chi connectivity index (χ1v) is 7.97. The highest BCUT2D eigenvalue weighted by Crippen LogP contribution is 2.17. The Bertz CT molecular complexity index is 606. The van der Waals surface area contributed by atoms with Crippen molar-refractivity contribution in [2.24, 2.45) is 0 Å². The first kappa shape index (κ1) is 15.6. The van der Waals surface area contributed by atoms with Crippen molar-refractivity contribution in [3.8, 4) is 6.07 Å². The van der Waals surface area contributed by atoms with E-state index in [1.807, 2.05) is 18.2 Å². The van der Waals surface area contributed by atoms with Gasteiger partial charge in [0.1, 0.15) is 0 Å². The highest BCUT2D eigenvalue weighted by atomic mass is 15.0. The normalized spacial score (nSPS) is 12.4. The van der Waals surface area contributed by atoms with Crippen LogP contribution in [0.1, 0.15) is 45.1 Å². The van der Waals surface area contributed by atoms with Crippen LogP contribution >= 0.6 is 0 Å². The summed E-state index contributed by atoms with van der Waals surface area (Å²) in [5, 5.41) is 13.7. The van der Waals surface area contributed by atoms with Crippen LogP contribution in [0.5, 0.6) is 0 Å². The van der Waals surface area contributed by atoms with E-state index in [2.05, 4.69) is 42.1 Å². The third kappa shape index (κ3) is 4.34. The first-order chi connectivity index (χ1) is 10.2. The number of unbranched alkanes of at least 4 members (excludes halogenated alkanes) is 2. The maximum atomic E-state index is 8.93. The van der Waals surface area contributed by atoms with Crippen LogP contribution in [0.15, 0.2) is 30.5 Å². The van der Waals surface area contributed by atoms with Gasteiger partial charge in [-0.3, -0.25) is 0 Å². The molecule has 1 atom stereocenters. The van der Waals surface area contributed by atoms with Crippen LogP contribution in [0.4, 0.5) is 0 Å². The van der Waals surface area contributed by atoms with E-state index in [-0.39, 0.29) is 0 Å². The Kier molecular flexibility index (Phi) is 5.83. The molecule has 0 saturated heterocycles. The summed E-state index contributed by atoms with van der Waals surface area (Å²) in [5.41, 5.74) is 1.93. The van der Waals surface area contributed by atoms with Gasteiger partial charge in [0.25, 0.3) is 0 Å². The Labute approximate surface area is 127 Å². The van der Waals surface area contributed by atoms with E-state index in [0.717, 1.165) is 24.0 Å². The quantitative estimate of drug-likeness (QED) is 0.742. The molecule has 0 aliphatic carbocycles. The summed E-state index contributed by atoms with van der Waals surface area (Å²) in [4.78, 5) is 0. The molecule has 0 aliphatic rings. The van der Waals surface area contributed by atoms with Gasteiger partial charge in [-0.2, -0.15) is 5.26 Å². The van der Waals surface area contributed by atoms with Crippen molar-refractivity contribution in [2.75, 3.05) is 6.54 Å². The second-order valence-electron chi connectivity index (χ2n) is 5.75. The standard InChI is InChI=1S/C18H25N3/c1-3-4-5-6-15(2)20-10-12-21-11-9-17-13-16(14-19)7-8-18(17)21/h7-9,11,13,15,20H,3-6,10,12H2,1-2H3. The van der Waals surface area contributed by atoms with Gasteiger partial charge >= 0.3 is 0 Å². The zero-order valence-corrected chi connectivity index (χ0v) is 13.1. The molecular formula is C18H25N3. The molecule has 0 aliphatic heterocycles. The van der Waals surface area contributed by atoms with Crippen molar-refractivity contribution in [3.63, 3.8) is 0 Å². The molecule has 0 spiro atoms. The molecule has 3 nitrogen and oxygen atoms in total. The number of hydrogen-bond donors (Lipinski definition) is 1. The van der Waals surface area contributed by atoms with Gasteiger partial charge in [0.05, 0.1) is 11.6 Å². The largest absolute Gasteiger partial charge is 0.346 e. The second kappa shape index (κ2) is 7.85. The number of nitriles is 1. The Balaban J connectivity index is 1.85. The summed E-state index contributed by atoms with van der Waals surface area (Å²) >= 11 is 0. The van der Waals surface area contributed by atoms with Crippen molar-refractivity contribution in [2.45, 2.75) is 52.1 Å². The molecule has 1 heterocycles. The number of aromatic nitrogens is 1. The molecule has 2 aromatic rings. The van der Waals surface area contributed by atoms with Gasteiger partial charge in [-0.05, 0) is 37.6 Å². The molecule has 0 radical (unpaired) electrons. The maximum absolute atomic E-state index is 8.93. The zero-order valence-electron chi connectivity index (χ0n) is 13.1. The predicted octanol–water partition coefficient (Wildman–Crippen LogP) is 4.07. The minimum atomic E-state index is 0.587. The number of fused-ring (bicyclic) bond motifs is 1. The van der Waals surface area contributed by atoms with E-state index in [0.29, 0.717) is 6.04 Å². The summed E-state index contributed by atoms with van der Waals surface area (Å²) in [6.07, 6.45) is 7.29. The molecule has 2 rings (SSSR count). The van der Waals surface area contributed by atoms with Crippen LogP contribution in [0.2, 0.25) is 0 Å². The van der Waals surface area contributed by atoms with Crippen LogP contribution < -0.4 is 5.32 Å². The van der Waals surface area contributed by atoms with Crippen molar-refractivity contribution < 1.29 is 0 Å². The monoisotopic (exact) mass is 283 g/mol. The molecule has 0 fully saturated rings. The van der Waals surface area contributed by atoms with Crippen LogP contribution in [0, 0.1) is 11.3 Å². The molecular weight excluding hydrogens is 258 g/mol. The van der Waals surface area contributed by atoms with Gasteiger partial charge in [0.2, 0.25) is 0 Å². The summed E-state index contributed by atoms with van der Waals surface area (Å²) in [6.45, 7) is 6.46. The Morgan fingerprint density at radius 2 is 2.14 bits per heavy atom. The van der Waals surface area contributed by atoms with Gasteiger partial charge < -0.3 is 9.88 Å². The molecule has 1 N–H and O–H groups in total. The molecule has 1 unspecified atom stereocenters. The zero-order chi connectivity index (χ0) is 15.1. The van der Waals surface area contributed by atoms with E-state index in [1.54, 1.807) is 0 Å². The van der Waals surface area contributed by atoms with Gasteiger partial charge in [-0.25, -0.2) is 0 Å². The SMILES string of the molecule is CCCCCC(C)NCCn1ccc2cc(C#N)ccc21. The fraction of sp³-hybridized carbons (Fsp3) is 0.500. The summed E-state index contributed by atoms with van der Waals surface area (Å²) in [6, 6.07) is 10.7. The summed E-state index contributed by atoms with van der Waals surface area (Å²) in [7, 11) is 0. The van der Waals surface area contributed by atoms with Gasteiger partial charge in [0, 0.05) is 36.2 Å². The Morgan fingerprint density at radius 3 is 2.90 bits per heavy atom. The van der Waals surface area contributed by atoms with E-state index in [4.69, 9.17) is 5.26 Å². The number of hydrogen-bond acceptors (Lipinski definition) is 2. The molecule has 1 aromatic heterocycles. The van der Waals surface area contributed by atoms with Crippen molar-refractivity contribution in [3.05, 3.63) is 36.0 Å². The van der Waals surface area contributed by atoms with Crippen LogP contribution in [-0.2, 0) is 6.54 Å². The van der Waals surface area contributed by atoms with Gasteiger partial charge in [-0.15, -0.1) is 0 Å². The van der Waals surface area contributed by atoms with E-state index >= 15 is 0 Å². The summed E-state index contributed by atoms with van der Waals surface area (Å²) < 4.78 is 2.25. The fourth-order valence-corrected chi connectivity index (χ4v) is 2.70. The van der Waals surface area contributed by atoms with Crippen molar-refractivity contribution in [1.29, 1.82) is 5.26 Å².